The average Bonchev–Trinajstić information content (AvgIpc) is 3.36. The number of sulfonamides is 1. The zero-order valence-corrected chi connectivity index (χ0v) is 21.1. The van der Waals surface area contributed by atoms with Crippen LogP contribution in [0, 0.1) is 5.82 Å². The summed E-state index contributed by atoms with van der Waals surface area (Å²) in [5, 5.41) is 3.01. The van der Waals surface area contributed by atoms with Crippen molar-refractivity contribution in [1.82, 2.24) is 14.5 Å². The lowest BCUT2D eigenvalue weighted by Crippen LogP contribution is -2.49. The van der Waals surface area contributed by atoms with E-state index in [2.05, 4.69) is 5.32 Å². The molecule has 7 nitrogen and oxygen atoms in total. The summed E-state index contributed by atoms with van der Waals surface area (Å²) in [5.74, 6) is -1.03. The molecule has 190 valence electrons. The van der Waals surface area contributed by atoms with E-state index in [-0.39, 0.29) is 48.7 Å². The highest BCUT2D eigenvalue weighted by atomic mass is 32.2. The number of amides is 2. The number of halogens is 1. The normalized spacial score (nSPS) is 15.2. The van der Waals surface area contributed by atoms with Crippen molar-refractivity contribution in [2.75, 3.05) is 13.6 Å². The topological polar surface area (TPSA) is 86.8 Å². The van der Waals surface area contributed by atoms with Gasteiger partial charge in [-0.05, 0) is 44.4 Å². The molecule has 0 aliphatic heterocycles. The summed E-state index contributed by atoms with van der Waals surface area (Å²) in [6.45, 7) is 1.75. The van der Waals surface area contributed by atoms with Crippen LogP contribution in [0.15, 0.2) is 59.5 Å². The van der Waals surface area contributed by atoms with Gasteiger partial charge in [-0.25, -0.2) is 17.1 Å². The SMILES string of the molecule is CC(C(=O)NC1CCCC1)N(Cc1ccccc1F)C(=O)CCCN(C)S(=O)(=O)c1ccccc1. The maximum absolute atomic E-state index is 14.3. The van der Waals surface area contributed by atoms with Crippen molar-refractivity contribution >= 4 is 21.8 Å². The molecule has 0 bridgehead atoms. The molecule has 2 amide bonds. The summed E-state index contributed by atoms with van der Waals surface area (Å²) in [4.78, 5) is 27.7. The zero-order valence-electron chi connectivity index (χ0n) is 20.3. The van der Waals surface area contributed by atoms with Crippen molar-refractivity contribution in [1.29, 1.82) is 0 Å². The molecule has 1 atom stereocenters. The highest BCUT2D eigenvalue weighted by Crippen LogP contribution is 2.20. The first kappa shape index (κ1) is 26.8. The van der Waals surface area contributed by atoms with E-state index in [0.29, 0.717) is 5.56 Å². The molecule has 0 aromatic heterocycles. The minimum Gasteiger partial charge on any atom is -0.352 e. The number of benzene rings is 2. The molecule has 0 spiro atoms. The molecule has 0 heterocycles. The van der Waals surface area contributed by atoms with Gasteiger partial charge in [0.1, 0.15) is 11.9 Å². The molecule has 0 radical (unpaired) electrons. The summed E-state index contributed by atoms with van der Waals surface area (Å²) in [6.07, 6.45) is 4.27. The smallest absolute Gasteiger partial charge is 0.242 e. The lowest BCUT2D eigenvalue weighted by atomic mass is 10.1. The Morgan fingerprint density at radius 3 is 2.34 bits per heavy atom. The number of carbonyl (C=O) groups excluding carboxylic acids is 2. The molecule has 1 aliphatic rings. The van der Waals surface area contributed by atoms with Crippen molar-refractivity contribution in [3.63, 3.8) is 0 Å². The number of nitrogens with one attached hydrogen (secondary N) is 1. The summed E-state index contributed by atoms with van der Waals surface area (Å²) in [6, 6.07) is 13.6. The summed E-state index contributed by atoms with van der Waals surface area (Å²) in [7, 11) is -2.19. The third-order valence-corrected chi connectivity index (χ3v) is 8.35. The van der Waals surface area contributed by atoms with Crippen LogP contribution in [0.4, 0.5) is 4.39 Å². The van der Waals surface area contributed by atoms with Gasteiger partial charge in [0.05, 0.1) is 4.90 Å². The Balaban J connectivity index is 1.66. The Kier molecular flexibility index (Phi) is 9.40. The average molecular weight is 504 g/mol. The number of nitrogens with zero attached hydrogens (tertiary/aromatic N) is 2. The van der Waals surface area contributed by atoms with Crippen molar-refractivity contribution in [2.24, 2.45) is 0 Å². The first-order chi connectivity index (χ1) is 16.7. The van der Waals surface area contributed by atoms with Crippen LogP contribution in [-0.2, 0) is 26.2 Å². The van der Waals surface area contributed by atoms with Gasteiger partial charge in [0.2, 0.25) is 21.8 Å². The summed E-state index contributed by atoms with van der Waals surface area (Å²) in [5.41, 5.74) is 0.324. The largest absolute Gasteiger partial charge is 0.352 e. The Bertz CT molecular complexity index is 1100. The quantitative estimate of drug-likeness (QED) is 0.507. The van der Waals surface area contributed by atoms with Crippen LogP contribution in [0.3, 0.4) is 0 Å². The number of rotatable bonds is 11. The van der Waals surface area contributed by atoms with Crippen LogP contribution in [0.1, 0.15) is 51.0 Å². The molecule has 0 saturated heterocycles. The highest BCUT2D eigenvalue weighted by molar-refractivity contribution is 7.89. The van der Waals surface area contributed by atoms with Gasteiger partial charge in [-0.15, -0.1) is 0 Å². The maximum atomic E-state index is 14.3. The molecule has 35 heavy (non-hydrogen) atoms. The van der Waals surface area contributed by atoms with Crippen LogP contribution in [0.2, 0.25) is 0 Å². The van der Waals surface area contributed by atoms with Crippen molar-refractivity contribution in [3.8, 4) is 0 Å². The molecular formula is C26H34FN3O4S. The molecule has 1 saturated carbocycles. The summed E-state index contributed by atoms with van der Waals surface area (Å²) >= 11 is 0. The van der Waals surface area contributed by atoms with E-state index >= 15 is 0 Å². The number of hydrogen-bond donors (Lipinski definition) is 1. The molecule has 2 aromatic carbocycles. The fraction of sp³-hybridized carbons (Fsp3) is 0.462. The van der Waals surface area contributed by atoms with E-state index in [1.807, 2.05) is 0 Å². The molecule has 1 unspecified atom stereocenters. The fourth-order valence-corrected chi connectivity index (χ4v) is 5.50. The van der Waals surface area contributed by atoms with Crippen molar-refractivity contribution in [3.05, 3.63) is 66.0 Å². The van der Waals surface area contributed by atoms with Gasteiger partial charge in [0, 0.05) is 38.2 Å². The van der Waals surface area contributed by atoms with E-state index in [1.165, 1.54) is 34.5 Å². The van der Waals surface area contributed by atoms with Gasteiger partial charge in [0.25, 0.3) is 0 Å². The molecule has 1 N–H and O–H groups in total. The molecule has 9 heteroatoms. The Morgan fingerprint density at radius 1 is 1.06 bits per heavy atom. The van der Waals surface area contributed by atoms with Gasteiger partial charge in [-0.1, -0.05) is 49.2 Å². The zero-order chi connectivity index (χ0) is 25.4. The first-order valence-electron chi connectivity index (χ1n) is 12.0. The predicted molar refractivity (Wildman–Crippen MR) is 132 cm³/mol. The Hall–Kier alpha value is -2.78. The lowest BCUT2D eigenvalue weighted by molar-refractivity contribution is -0.141. The minimum atomic E-state index is -3.66. The highest BCUT2D eigenvalue weighted by Gasteiger charge is 2.29. The lowest BCUT2D eigenvalue weighted by Gasteiger charge is -2.30. The molecule has 1 aliphatic carbocycles. The van der Waals surface area contributed by atoms with Crippen molar-refractivity contribution in [2.45, 2.75) is 69.0 Å². The van der Waals surface area contributed by atoms with Crippen molar-refractivity contribution < 1.29 is 22.4 Å². The molecular weight excluding hydrogens is 469 g/mol. The number of hydrogen-bond acceptors (Lipinski definition) is 4. The van der Waals surface area contributed by atoms with Gasteiger partial charge in [0.15, 0.2) is 0 Å². The van der Waals surface area contributed by atoms with Gasteiger partial charge in [-0.2, -0.15) is 0 Å². The summed E-state index contributed by atoms with van der Waals surface area (Å²) < 4.78 is 41.0. The van der Waals surface area contributed by atoms with E-state index in [1.54, 1.807) is 43.3 Å². The minimum absolute atomic E-state index is 0.0319. The van der Waals surface area contributed by atoms with Gasteiger partial charge < -0.3 is 10.2 Å². The second-order valence-corrected chi connectivity index (χ2v) is 11.1. The van der Waals surface area contributed by atoms with Crippen LogP contribution < -0.4 is 5.32 Å². The molecule has 2 aromatic rings. The molecule has 3 rings (SSSR count). The molecule has 1 fully saturated rings. The number of carbonyl (C=O) groups is 2. The van der Waals surface area contributed by atoms with E-state index < -0.39 is 21.9 Å². The third-order valence-electron chi connectivity index (χ3n) is 6.48. The Morgan fingerprint density at radius 2 is 1.69 bits per heavy atom. The Labute approximate surface area is 207 Å². The second kappa shape index (κ2) is 12.3. The van der Waals surface area contributed by atoms with E-state index in [4.69, 9.17) is 0 Å². The van der Waals surface area contributed by atoms with Gasteiger partial charge >= 0.3 is 0 Å². The van der Waals surface area contributed by atoms with Gasteiger partial charge in [-0.3, -0.25) is 9.59 Å². The second-order valence-electron chi connectivity index (χ2n) is 9.02. The van der Waals surface area contributed by atoms with E-state index in [0.717, 1.165) is 25.7 Å². The van der Waals surface area contributed by atoms with E-state index in [9.17, 15) is 22.4 Å². The van der Waals surface area contributed by atoms with Crippen LogP contribution in [0.25, 0.3) is 0 Å². The maximum Gasteiger partial charge on any atom is 0.242 e. The van der Waals surface area contributed by atoms with Crippen LogP contribution in [0.5, 0.6) is 0 Å². The van der Waals surface area contributed by atoms with Crippen LogP contribution in [-0.4, -0.2) is 55.1 Å². The fourth-order valence-electron chi connectivity index (χ4n) is 4.27. The third kappa shape index (κ3) is 7.11. The predicted octanol–water partition coefficient (Wildman–Crippen LogP) is 3.70. The van der Waals surface area contributed by atoms with Crippen LogP contribution >= 0.6 is 0 Å². The first-order valence-corrected chi connectivity index (χ1v) is 13.5. The monoisotopic (exact) mass is 503 g/mol. The standard InChI is InChI=1S/C26H34FN3O4S/c1-20(26(32)28-22-12-7-8-13-22)30(19-21-11-6-9-16-24(21)27)25(31)17-10-18-29(2)35(33,34)23-14-4-3-5-15-23/h3-6,9,11,14-16,20,22H,7-8,10,12-13,17-19H2,1-2H3,(H,28,32).